The van der Waals surface area contributed by atoms with E-state index in [0.717, 1.165) is 30.6 Å². The van der Waals surface area contributed by atoms with Crippen LogP contribution in [0.15, 0.2) is 54.6 Å². The molecule has 0 aliphatic rings. The summed E-state index contributed by atoms with van der Waals surface area (Å²) in [4.78, 5) is 12.1. The van der Waals surface area contributed by atoms with Gasteiger partial charge in [-0.25, -0.2) is 8.42 Å². The minimum atomic E-state index is -3.39. The van der Waals surface area contributed by atoms with Gasteiger partial charge in [-0.1, -0.05) is 43.3 Å². The topological polar surface area (TPSA) is 75.7 Å². The number of para-hydroxylation sites is 2. The number of nitrogens with zero attached hydrogens (tertiary/aromatic N) is 1. The monoisotopic (exact) mass is 432 g/mol. The second-order valence-corrected chi connectivity index (χ2v) is 9.09. The molecular weight excluding hydrogens is 400 g/mol. The minimum absolute atomic E-state index is 0.0629. The van der Waals surface area contributed by atoms with Gasteiger partial charge in [0, 0.05) is 19.5 Å². The molecule has 7 heteroatoms. The van der Waals surface area contributed by atoms with Crippen LogP contribution in [0, 0.1) is 0 Å². The lowest BCUT2D eigenvalue weighted by Crippen LogP contribution is -2.32. The molecule has 0 aliphatic carbocycles. The molecule has 0 saturated heterocycles. The molecule has 1 N–H and O–H groups in total. The molecule has 1 amide bonds. The summed E-state index contributed by atoms with van der Waals surface area (Å²) in [6, 6.07) is 16.9. The number of hydrogen-bond donors (Lipinski definition) is 1. The van der Waals surface area contributed by atoms with Gasteiger partial charge in [-0.05, 0) is 49.4 Å². The van der Waals surface area contributed by atoms with Gasteiger partial charge >= 0.3 is 0 Å². The van der Waals surface area contributed by atoms with E-state index >= 15 is 0 Å². The smallest absolute Gasteiger partial charge is 0.232 e. The standard InChI is InChI=1S/C23H32N2O4S/c1-3-19-29-22-15-8-7-11-20(22)12-9-17-24-23(26)16-10-18-25(30(2,27)28)21-13-5-4-6-14-21/h4-8,11,13-15H,3,9-10,12,16-19H2,1-2H3,(H,24,26). The van der Waals surface area contributed by atoms with Crippen molar-refractivity contribution in [3.8, 4) is 5.75 Å². The third kappa shape index (κ3) is 8.06. The van der Waals surface area contributed by atoms with Crippen molar-refractivity contribution in [2.75, 3.05) is 30.3 Å². The molecular formula is C23H32N2O4S. The van der Waals surface area contributed by atoms with Gasteiger partial charge in [0.1, 0.15) is 5.75 Å². The first-order valence-corrected chi connectivity index (χ1v) is 12.3. The Hall–Kier alpha value is -2.54. The molecule has 30 heavy (non-hydrogen) atoms. The average Bonchev–Trinajstić information content (AvgIpc) is 2.73. The number of hydrogen-bond acceptors (Lipinski definition) is 4. The third-order valence-electron chi connectivity index (χ3n) is 4.59. The molecule has 0 saturated carbocycles. The van der Waals surface area contributed by atoms with E-state index in [2.05, 4.69) is 18.3 Å². The second kappa shape index (κ2) is 12.2. The zero-order chi connectivity index (χ0) is 21.8. The molecule has 2 rings (SSSR count). The fraction of sp³-hybridized carbons (Fsp3) is 0.435. The van der Waals surface area contributed by atoms with Crippen LogP contribution >= 0.6 is 0 Å². The lowest BCUT2D eigenvalue weighted by atomic mass is 10.1. The SMILES string of the molecule is CCCOc1ccccc1CCCNC(=O)CCCN(c1ccccc1)S(C)(=O)=O. The molecule has 0 aromatic heterocycles. The van der Waals surface area contributed by atoms with E-state index in [1.54, 1.807) is 24.3 Å². The minimum Gasteiger partial charge on any atom is -0.493 e. The maximum atomic E-state index is 12.1. The summed E-state index contributed by atoms with van der Waals surface area (Å²) >= 11 is 0. The van der Waals surface area contributed by atoms with Crippen molar-refractivity contribution in [2.24, 2.45) is 0 Å². The van der Waals surface area contributed by atoms with Crippen molar-refractivity contribution < 1.29 is 17.9 Å². The number of rotatable bonds is 13. The first-order valence-electron chi connectivity index (χ1n) is 10.4. The summed E-state index contributed by atoms with van der Waals surface area (Å²) in [5, 5.41) is 2.92. The molecule has 0 heterocycles. The maximum Gasteiger partial charge on any atom is 0.232 e. The molecule has 164 valence electrons. The van der Waals surface area contributed by atoms with Crippen molar-refractivity contribution in [1.29, 1.82) is 0 Å². The Kier molecular flexibility index (Phi) is 9.67. The molecule has 0 fully saturated rings. The molecule has 0 aliphatic heterocycles. The van der Waals surface area contributed by atoms with Crippen LogP contribution in [-0.2, 0) is 21.2 Å². The first-order chi connectivity index (χ1) is 14.4. The van der Waals surface area contributed by atoms with Crippen LogP contribution in [0.1, 0.15) is 38.2 Å². The quantitative estimate of drug-likeness (QED) is 0.489. The van der Waals surface area contributed by atoms with Crippen molar-refractivity contribution in [2.45, 2.75) is 39.0 Å². The van der Waals surface area contributed by atoms with Gasteiger partial charge in [0.2, 0.25) is 15.9 Å². The molecule has 6 nitrogen and oxygen atoms in total. The fourth-order valence-corrected chi connectivity index (χ4v) is 4.09. The van der Waals surface area contributed by atoms with Gasteiger partial charge in [-0.2, -0.15) is 0 Å². The van der Waals surface area contributed by atoms with Crippen LogP contribution in [0.4, 0.5) is 5.69 Å². The average molecular weight is 433 g/mol. The van der Waals surface area contributed by atoms with Crippen LogP contribution in [0.5, 0.6) is 5.75 Å². The molecule has 2 aromatic carbocycles. The Morgan fingerprint density at radius 1 is 1.03 bits per heavy atom. The number of anilines is 1. The highest BCUT2D eigenvalue weighted by Gasteiger charge is 2.17. The largest absolute Gasteiger partial charge is 0.493 e. The normalized spacial score (nSPS) is 11.1. The number of amides is 1. The molecule has 2 aromatic rings. The van der Waals surface area contributed by atoms with Crippen LogP contribution < -0.4 is 14.4 Å². The number of sulfonamides is 1. The summed E-state index contributed by atoms with van der Waals surface area (Å²) < 4.78 is 31.2. The summed E-state index contributed by atoms with van der Waals surface area (Å²) in [6.45, 7) is 3.63. The zero-order valence-electron chi connectivity index (χ0n) is 17.8. The molecule has 0 spiro atoms. The molecule has 0 bridgehead atoms. The molecule has 0 atom stereocenters. The number of carbonyl (C=O) groups is 1. The Balaban J connectivity index is 1.73. The molecule has 0 unspecified atom stereocenters. The number of benzene rings is 2. The highest BCUT2D eigenvalue weighted by Crippen LogP contribution is 2.20. The summed E-state index contributed by atoms with van der Waals surface area (Å²) in [7, 11) is -3.39. The van der Waals surface area contributed by atoms with Gasteiger partial charge in [-0.3, -0.25) is 9.10 Å². The Morgan fingerprint density at radius 3 is 2.43 bits per heavy atom. The number of ether oxygens (including phenoxy) is 1. The lowest BCUT2D eigenvalue weighted by Gasteiger charge is -2.22. The van der Waals surface area contributed by atoms with E-state index in [0.29, 0.717) is 25.3 Å². The number of carbonyl (C=O) groups excluding carboxylic acids is 1. The predicted octanol–water partition coefficient (Wildman–Crippen LogP) is 3.77. The summed E-state index contributed by atoms with van der Waals surface area (Å²) in [5.74, 6) is 0.847. The van der Waals surface area contributed by atoms with E-state index in [1.807, 2.05) is 24.3 Å². The Bertz CT molecular complexity index is 885. The van der Waals surface area contributed by atoms with Gasteiger partial charge in [0.05, 0.1) is 18.6 Å². The third-order valence-corrected chi connectivity index (χ3v) is 5.78. The van der Waals surface area contributed by atoms with Crippen molar-refractivity contribution in [1.82, 2.24) is 5.32 Å². The molecule has 0 radical (unpaired) electrons. The number of nitrogens with one attached hydrogen (secondary N) is 1. The zero-order valence-corrected chi connectivity index (χ0v) is 18.7. The Labute approximate surface area is 180 Å². The van der Waals surface area contributed by atoms with Crippen LogP contribution in [0.2, 0.25) is 0 Å². The lowest BCUT2D eigenvalue weighted by molar-refractivity contribution is -0.121. The van der Waals surface area contributed by atoms with Crippen molar-refractivity contribution >= 4 is 21.6 Å². The van der Waals surface area contributed by atoms with Crippen molar-refractivity contribution in [3.05, 3.63) is 60.2 Å². The van der Waals surface area contributed by atoms with Gasteiger partial charge in [0.15, 0.2) is 0 Å². The van der Waals surface area contributed by atoms with Crippen LogP contribution in [0.25, 0.3) is 0 Å². The maximum absolute atomic E-state index is 12.1. The van der Waals surface area contributed by atoms with E-state index < -0.39 is 10.0 Å². The van der Waals surface area contributed by atoms with E-state index in [1.165, 1.54) is 10.6 Å². The first kappa shape index (κ1) is 23.7. The van der Waals surface area contributed by atoms with Gasteiger partial charge < -0.3 is 10.1 Å². The summed E-state index contributed by atoms with van der Waals surface area (Å²) in [6.07, 6.45) is 4.54. The van der Waals surface area contributed by atoms with E-state index in [4.69, 9.17) is 4.74 Å². The Morgan fingerprint density at radius 2 is 1.73 bits per heavy atom. The summed E-state index contributed by atoms with van der Waals surface area (Å²) in [5.41, 5.74) is 1.76. The van der Waals surface area contributed by atoms with Crippen molar-refractivity contribution in [3.63, 3.8) is 0 Å². The van der Waals surface area contributed by atoms with Crippen LogP contribution in [0.3, 0.4) is 0 Å². The predicted molar refractivity (Wildman–Crippen MR) is 121 cm³/mol. The number of aryl methyl sites for hydroxylation is 1. The highest BCUT2D eigenvalue weighted by molar-refractivity contribution is 7.92. The van der Waals surface area contributed by atoms with Crippen LogP contribution in [-0.4, -0.2) is 40.3 Å². The second-order valence-electron chi connectivity index (χ2n) is 7.18. The highest BCUT2D eigenvalue weighted by atomic mass is 32.2. The van der Waals surface area contributed by atoms with Gasteiger partial charge in [-0.15, -0.1) is 0 Å². The van der Waals surface area contributed by atoms with E-state index in [9.17, 15) is 13.2 Å². The van der Waals surface area contributed by atoms with E-state index in [-0.39, 0.29) is 18.9 Å². The van der Waals surface area contributed by atoms with Gasteiger partial charge in [0.25, 0.3) is 0 Å². The fourth-order valence-electron chi connectivity index (χ4n) is 3.12.